The number of carbonyl (C=O) groups excluding carboxylic acids is 1. The van der Waals surface area contributed by atoms with Crippen molar-refractivity contribution in [2.45, 2.75) is 46.2 Å². The number of hydrogen-bond donors (Lipinski definition) is 2. The van der Waals surface area contributed by atoms with Crippen LogP contribution in [0.5, 0.6) is 0 Å². The van der Waals surface area contributed by atoms with Gasteiger partial charge in [-0.3, -0.25) is 4.79 Å². The van der Waals surface area contributed by atoms with E-state index in [-0.39, 0.29) is 11.9 Å². The summed E-state index contributed by atoms with van der Waals surface area (Å²) >= 11 is 0. The van der Waals surface area contributed by atoms with Gasteiger partial charge in [0.05, 0.1) is 11.6 Å². The zero-order valence-electron chi connectivity index (χ0n) is 11.3. The van der Waals surface area contributed by atoms with E-state index in [0.29, 0.717) is 0 Å². The molecule has 0 saturated heterocycles. The Hall–Kier alpha value is -1.35. The lowest BCUT2D eigenvalue weighted by molar-refractivity contribution is -0.125. The number of benzene rings is 1. The quantitative estimate of drug-likeness (QED) is 0.842. The summed E-state index contributed by atoms with van der Waals surface area (Å²) < 4.78 is 0. The van der Waals surface area contributed by atoms with Crippen LogP contribution in [0.4, 0.5) is 0 Å². The van der Waals surface area contributed by atoms with Crippen LogP contribution in [0, 0.1) is 13.8 Å². The van der Waals surface area contributed by atoms with Crippen molar-refractivity contribution in [3.63, 3.8) is 0 Å². The fourth-order valence-corrected chi connectivity index (χ4v) is 1.73. The van der Waals surface area contributed by atoms with Crippen LogP contribution in [0.25, 0.3) is 0 Å². The van der Waals surface area contributed by atoms with Crippen molar-refractivity contribution in [1.82, 2.24) is 5.32 Å². The third kappa shape index (κ3) is 3.86. The maximum atomic E-state index is 11.8. The van der Waals surface area contributed by atoms with Crippen LogP contribution in [-0.2, 0) is 4.79 Å². The molecule has 1 rings (SSSR count). The highest BCUT2D eigenvalue weighted by Crippen LogP contribution is 2.17. The smallest absolute Gasteiger partial charge is 0.239 e. The summed E-state index contributed by atoms with van der Waals surface area (Å²) in [6.07, 6.45) is 0. The van der Waals surface area contributed by atoms with Gasteiger partial charge in [0.25, 0.3) is 0 Å². The fourth-order valence-electron chi connectivity index (χ4n) is 1.73. The molecule has 3 N–H and O–H groups in total. The number of aryl methyl sites for hydroxylation is 2. The summed E-state index contributed by atoms with van der Waals surface area (Å²) in [6.45, 7) is 9.49. The van der Waals surface area contributed by atoms with E-state index in [1.165, 1.54) is 11.1 Å². The van der Waals surface area contributed by atoms with Crippen LogP contribution in [-0.4, -0.2) is 11.4 Å². The van der Waals surface area contributed by atoms with E-state index in [1.54, 1.807) is 13.8 Å². The van der Waals surface area contributed by atoms with E-state index < -0.39 is 5.54 Å². The van der Waals surface area contributed by atoms with Crippen molar-refractivity contribution in [3.8, 4) is 0 Å². The molecule has 3 nitrogen and oxygen atoms in total. The molecule has 1 atom stereocenters. The Morgan fingerprint density at radius 3 is 2.12 bits per heavy atom. The van der Waals surface area contributed by atoms with Crippen LogP contribution in [0.1, 0.15) is 43.5 Å². The molecular weight excluding hydrogens is 212 g/mol. The number of hydrogen-bond acceptors (Lipinski definition) is 2. The van der Waals surface area contributed by atoms with Gasteiger partial charge < -0.3 is 11.1 Å². The fraction of sp³-hybridized carbons (Fsp3) is 0.500. The predicted octanol–water partition coefficient (Wildman–Crippen LogP) is 2.22. The van der Waals surface area contributed by atoms with E-state index >= 15 is 0 Å². The zero-order chi connectivity index (χ0) is 13.2. The molecule has 0 radical (unpaired) electrons. The van der Waals surface area contributed by atoms with Crippen LogP contribution in [0.2, 0.25) is 0 Å². The molecule has 0 aromatic heterocycles. The Labute approximate surface area is 103 Å². The molecule has 0 heterocycles. The van der Waals surface area contributed by atoms with Crippen molar-refractivity contribution in [2.75, 3.05) is 0 Å². The van der Waals surface area contributed by atoms with E-state index in [1.807, 2.05) is 6.92 Å². The summed E-state index contributed by atoms with van der Waals surface area (Å²) in [5.74, 6) is -0.135. The molecule has 0 fully saturated rings. The largest absolute Gasteiger partial charge is 0.348 e. The molecule has 0 spiro atoms. The molecule has 0 saturated carbocycles. The van der Waals surface area contributed by atoms with Gasteiger partial charge in [-0.1, -0.05) is 29.3 Å². The topological polar surface area (TPSA) is 55.1 Å². The third-order valence-electron chi connectivity index (χ3n) is 2.68. The normalized spacial score (nSPS) is 13.3. The number of nitrogens with one attached hydrogen (secondary N) is 1. The molecule has 0 bridgehead atoms. The number of amides is 1. The zero-order valence-corrected chi connectivity index (χ0v) is 11.3. The SMILES string of the molecule is Cc1cc(C)cc(C(C)NC(=O)C(C)(C)N)c1. The van der Waals surface area contributed by atoms with E-state index in [2.05, 4.69) is 37.4 Å². The lowest BCUT2D eigenvalue weighted by Gasteiger charge is -2.22. The second kappa shape index (κ2) is 4.88. The summed E-state index contributed by atoms with van der Waals surface area (Å²) in [5, 5.41) is 2.93. The second-order valence-electron chi connectivity index (χ2n) is 5.34. The number of rotatable bonds is 3. The molecule has 0 aliphatic rings. The molecule has 3 heteroatoms. The monoisotopic (exact) mass is 234 g/mol. The van der Waals surface area contributed by atoms with Gasteiger partial charge in [0.2, 0.25) is 5.91 Å². The molecule has 17 heavy (non-hydrogen) atoms. The van der Waals surface area contributed by atoms with Gasteiger partial charge in [0, 0.05) is 0 Å². The van der Waals surface area contributed by atoms with Crippen molar-refractivity contribution in [1.29, 1.82) is 0 Å². The summed E-state index contributed by atoms with van der Waals surface area (Å²) in [6, 6.07) is 6.26. The van der Waals surface area contributed by atoms with E-state index in [9.17, 15) is 4.79 Å². The first-order valence-electron chi connectivity index (χ1n) is 5.88. The van der Waals surface area contributed by atoms with Gasteiger partial charge in [-0.05, 0) is 40.2 Å². The Balaban J connectivity index is 2.83. The van der Waals surface area contributed by atoms with Gasteiger partial charge in [0.1, 0.15) is 0 Å². The molecule has 1 aromatic carbocycles. The molecule has 0 aliphatic heterocycles. The molecule has 1 unspecified atom stereocenters. The Morgan fingerprint density at radius 2 is 1.71 bits per heavy atom. The molecule has 94 valence electrons. The lowest BCUT2D eigenvalue weighted by Crippen LogP contribution is -2.49. The molecular formula is C14H22N2O. The van der Waals surface area contributed by atoms with Crippen molar-refractivity contribution >= 4 is 5.91 Å². The first kappa shape index (κ1) is 13.7. The minimum absolute atomic E-state index is 0.0241. The van der Waals surface area contributed by atoms with Crippen LogP contribution in [0.15, 0.2) is 18.2 Å². The minimum Gasteiger partial charge on any atom is -0.348 e. The van der Waals surface area contributed by atoms with Crippen LogP contribution in [0.3, 0.4) is 0 Å². The predicted molar refractivity (Wildman–Crippen MR) is 70.7 cm³/mol. The Kier molecular flexibility index (Phi) is 3.94. The van der Waals surface area contributed by atoms with Gasteiger partial charge >= 0.3 is 0 Å². The van der Waals surface area contributed by atoms with E-state index in [0.717, 1.165) is 5.56 Å². The van der Waals surface area contributed by atoms with Crippen molar-refractivity contribution in [2.24, 2.45) is 5.73 Å². The first-order valence-corrected chi connectivity index (χ1v) is 5.88. The highest BCUT2D eigenvalue weighted by molar-refractivity contribution is 5.85. The summed E-state index contributed by atoms with van der Waals surface area (Å²) in [5.41, 5.74) is 8.43. The van der Waals surface area contributed by atoms with Gasteiger partial charge in [0.15, 0.2) is 0 Å². The van der Waals surface area contributed by atoms with Gasteiger partial charge in [-0.15, -0.1) is 0 Å². The standard InChI is InChI=1S/C14H22N2O/c1-9-6-10(2)8-12(7-9)11(3)16-13(17)14(4,5)15/h6-8,11H,15H2,1-5H3,(H,16,17). The van der Waals surface area contributed by atoms with Crippen molar-refractivity contribution < 1.29 is 4.79 Å². The number of nitrogens with two attached hydrogens (primary N) is 1. The lowest BCUT2D eigenvalue weighted by atomic mass is 10.0. The highest BCUT2D eigenvalue weighted by Gasteiger charge is 2.23. The highest BCUT2D eigenvalue weighted by atomic mass is 16.2. The van der Waals surface area contributed by atoms with Crippen LogP contribution >= 0.6 is 0 Å². The Bertz CT molecular complexity index is 398. The van der Waals surface area contributed by atoms with Gasteiger partial charge in [-0.2, -0.15) is 0 Å². The summed E-state index contributed by atoms with van der Waals surface area (Å²) in [4.78, 5) is 11.8. The van der Waals surface area contributed by atoms with Gasteiger partial charge in [-0.25, -0.2) is 0 Å². The third-order valence-corrected chi connectivity index (χ3v) is 2.68. The minimum atomic E-state index is -0.840. The van der Waals surface area contributed by atoms with Crippen LogP contribution < -0.4 is 11.1 Å². The average Bonchev–Trinajstić information content (AvgIpc) is 2.14. The molecule has 1 amide bonds. The molecule has 1 aromatic rings. The molecule has 0 aliphatic carbocycles. The summed E-state index contributed by atoms with van der Waals surface area (Å²) in [7, 11) is 0. The van der Waals surface area contributed by atoms with E-state index in [4.69, 9.17) is 5.73 Å². The number of carbonyl (C=O) groups is 1. The average molecular weight is 234 g/mol. The first-order chi connectivity index (χ1) is 7.70. The Morgan fingerprint density at radius 1 is 1.24 bits per heavy atom. The maximum absolute atomic E-state index is 11.8. The maximum Gasteiger partial charge on any atom is 0.239 e. The van der Waals surface area contributed by atoms with Crippen molar-refractivity contribution in [3.05, 3.63) is 34.9 Å². The second-order valence-corrected chi connectivity index (χ2v) is 5.34.